The van der Waals surface area contributed by atoms with Gasteiger partial charge in [-0.3, -0.25) is 0 Å². The monoisotopic (exact) mass is 168 g/mol. The molecule has 0 aliphatic rings. The highest BCUT2D eigenvalue weighted by Gasteiger charge is 2.01. The van der Waals surface area contributed by atoms with Gasteiger partial charge < -0.3 is 9.26 Å². The highest BCUT2D eigenvalue weighted by Crippen LogP contribution is 2.10. The van der Waals surface area contributed by atoms with Crippen LogP contribution in [-0.4, -0.2) is 18.8 Å². The molecule has 6 heteroatoms. The van der Waals surface area contributed by atoms with Gasteiger partial charge in [0.2, 0.25) is 0 Å². The molecule has 0 amide bonds. The minimum absolute atomic E-state index is 0.370. The van der Waals surface area contributed by atoms with Crippen LogP contribution in [0.1, 0.15) is 5.76 Å². The third kappa shape index (κ3) is 2.17. The van der Waals surface area contributed by atoms with Gasteiger partial charge in [0, 0.05) is 23.9 Å². The number of hydrogen-bond acceptors (Lipinski definition) is 4. The lowest BCUT2D eigenvalue weighted by Gasteiger charge is -1.85. The molecule has 6 nitrogen and oxygen atoms in total. The zero-order valence-electron chi connectivity index (χ0n) is 6.60. The van der Waals surface area contributed by atoms with Gasteiger partial charge in [0.1, 0.15) is 5.76 Å². The van der Waals surface area contributed by atoms with E-state index in [1.165, 1.54) is 7.11 Å². The third-order valence-corrected chi connectivity index (χ3v) is 1.27. The fourth-order valence-corrected chi connectivity index (χ4v) is 0.713. The molecule has 64 valence electrons. The van der Waals surface area contributed by atoms with Crippen LogP contribution in [0.4, 0.5) is 0 Å². The number of methoxy groups -OCH3 is 1. The van der Waals surface area contributed by atoms with Gasteiger partial charge in [0.15, 0.2) is 0 Å². The highest BCUT2D eigenvalue weighted by molar-refractivity contribution is 5.10. The molecule has 12 heavy (non-hydrogen) atoms. The van der Waals surface area contributed by atoms with Gasteiger partial charge in [-0.2, -0.15) is 0 Å². The number of azide groups is 1. The molecule has 1 heterocycles. The normalized spacial score (nSPS) is 9.08. The lowest BCUT2D eigenvalue weighted by atomic mass is 10.3. The van der Waals surface area contributed by atoms with Crippen molar-refractivity contribution in [3.63, 3.8) is 0 Å². The number of ether oxygens (including phenoxy) is 1. The van der Waals surface area contributed by atoms with Crippen molar-refractivity contribution in [2.24, 2.45) is 5.11 Å². The van der Waals surface area contributed by atoms with Crippen LogP contribution in [0.25, 0.3) is 10.4 Å². The summed E-state index contributed by atoms with van der Waals surface area (Å²) in [6.45, 7) is 0.370. The minimum atomic E-state index is 0.370. The van der Waals surface area contributed by atoms with Crippen LogP contribution in [0.3, 0.4) is 0 Å². The SMILES string of the molecule is COc1cc(CCN=[N+]=[N-])on1. The van der Waals surface area contributed by atoms with Crippen LogP contribution in [-0.2, 0) is 6.42 Å². The molecule has 1 aromatic heterocycles. The molecule has 0 unspecified atom stereocenters. The van der Waals surface area contributed by atoms with Crippen molar-refractivity contribution in [1.29, 1.82) is 0 Å². The third-order valence-electron chi connectivity index (χ3n) is 1.27. The van der Waals surface area contributed by atoms with E-state index in [0.717, 1.165) is 0 Å². The van der Waals surface area contributed by atoms with E-state index in [9.17, 15) is 0 Å². The van der Waals surface area contributed by atoms with Gasteiger partial charge >= 0.3 is 0 Å². The van der Waals surface area contributed by atoms with Crippen LogP contribution in [0.15, 0.2) is 15.7 Å². The van der Waals surface area contributed by atoms with Gasteiger partial charge in [0.25, 0.3) is 5.88 Å². The summed E-state index contributed by atoms with van der Waals surface area (Å²) in [6, 6.07) is 1.66. The van der Waals surface area contributed by atoms with Crippen LogP contribution in [0.5, 0.6) is 5.88 Å². The maximum atomic E-state index is 7.98. The van der Waals surface area contributed by atoms with E-state index in [0.29, 0.717) is 24.6 Å². The van der Waals surface area contributed by atoms with Crippen molar-refractivity contribution in [2.45, 2.75) is 6.42 Å². The lowest BCUT2D eigenvalue weighted by Crippen LogP contribution is -1.84. The van der Waals surface area contributed by atoms with Crippen molar-refractivity contribution in [2.75, 3.05) is 13.7 Å². The summed E-state index contributed by atoms with van der Waals surface area (Å²) >= 11 is 0. The quantitative estimate of drug-likeness (QED) is 0.388. The minimum Gasteiger partial charge on any atom is -0.479 e. The first-order valence-electron chi connectivity index (χ1n) is 3.37. The fourth-order valence-electron chi connectivity index (χ4n) is 0.713. The van der Waals surface area contributed by atoms with Crippen molar-refractivity contribution < 1.29 is 9.26 Å². The summed E-state index contributed by atoms with van der Waals surface area (Å²) in [5, 5.41) is 6.94. The molecule has 0 saturated heterocycles. The van der Waals surface area contributed by atoms with Crippen LogP contribution >= 0.6 is 0 Å². The largest absolute Gasteiger partial charge is 0.479 e. The Morgan fingerprint density at radius 1 is 1.83 bits per heavy atom. The molecule has 1 aromatic rings. The number of nitrogens with zero attached hydrogens (tertiary/aromatic N) is 4. The zero-order valence-corrected chi connectivity index (χ0v) is 6.60. The van der Waals surface area contributed by atoms with Gasteiger partial charge in [-0.05, 0) is 10.7 Å². The molecule has 0 atom stereocenters. The molecular formula is C6H8N4O2. The van der Waals surface area contributed by atoms with Crippen molar-refractivity contribution in [3.05, 3.63) is 22.3 Å². The first kappa shape index (κ1) is 8.42. The van der Waals surface area contributed by atoms with Crippen molar-refractivity contribution >= 4 is 0 Å². The van der Waals surface area contributed by atoms with Crippen LogP contribution < -0.4 is 4.74 Å². The number of hydrogen-bond donors (Lipinski definition) is 0. The average Bonchev–Trinajstić information content (AvgIpc) is 2.53. The first-order valence-corrected chi connectivity index (χ1v) is 3.37. The van der Waals surface area contributed by atoms with Gasteiger partial charge in [-0.15, -0.1) is 0 Å². The van der Waals surface area contributed by atoms with Crippen molar-refractivity contribution in [3.8, 4) is 5.88 Å². The number of aromatic nitrogens is 1. The molecule has 0 saturated carbocycles. The second-order valence-corrected chi connectivity index (χ2v) is 2.04. The molecule has 0 fully saturated rings. The van der Waals surface area contributed by atoms with Gasteiger partial charge in [0.05, 0.1) is 7.11 Å². The Morgan fingerprint density at radius 2 is 2.67 bits per heavy atom. The van der Waals surface area contributed by atoms with E-state index >= 15 is 0 Å². The predicted octanol–water partition coefficient (Wildman–Crippen LogP) is 1.54. The Morgan fingerprint density at radius 3 is 3.25 bits per heavy atom. The van der Waals surface area contributed by atoms with E-state index in [-0.39, 0.29) is 0 Å². The Bertz CT molecular complexity index is 289. The Balaban J connectivity index is 2.46. The van der Waals surface area contributed by atoms with Gasteiger partial charge in [-0.25, -0.2) is 0 Å². The summed E-state index contributed by atoms with van der Waals surface area (Å²) in [4.78, 5) is 2.61. The molecule has 0 spiro atoms. The summed E-state index contributed by atoms with van der Waals surface area (Å²) in [5.74, 6) is 1.09. The van der Waals surface area contributed by atoms with E-state index in [4.69, 9.17) is 14.8 Å². The molecule has 0 bridgehead atoms. The predicted molar refractivity (Wildman–Crippen MR) is 40.8 cm³/mol. The first-order chi connectivity index (χ1) is 5.86. The molecule has 1 rings (SSSR count). The zero-order chi connectivity index (χ0) is 8.81. The summed E-state index contributed by atoms with van der Waals surface area (Å²) in [5.41, 5.74) is 7.98. The average molecular weight is 168 g/mol. The van der Waals surface area contributed by atoms with E-state index in [2.05, 4.69) is 15.2 Å². The Labute approximate surface area is 68.7 Å². The standard InChI is InChI=1S/C6H8N4O2/c1-11-6-4-5(12-9-6)2-3-8-10-7/h4H,2-3H2,1H3. The maximum Gasteiger partial charge on any atom is 0.254 e. The molecule has 0 aliphatic carbocycles. The van der Waals surface area contributed by atoms with Crippen LogP contribution in [0, 0.1) is 0 Å². The highest BCUT2D eigenvalue weighted by atomic mass is 16.5. The summed E-state index contributed by atoms with van der Waals surface area (Å²) < 4.78 is 9.64. The Kier molecular flexibility index (Phi) is 2.98. The van der Waals surface area contributed by atoms with Crippen LogP contribution in [0.2, 0.25) is 0 Å². The maximum absolute atomic E-state index is 7.98. The molecule has 0 aromatic carbocycles. The smallest absolute Gasteiger partial charge is 0.254 e. The van der Waals surface area contributed by atoms with Gasteiger partial charge in [-0.1, -0.05) is 5.11 Å². The second-order valence-electron chi connectivity index (χ2n) is 2.04. The molecule has 0 aliphatic heterocycles. The summed E-state index contributed by atoms with van der Waals surface area (Å²) in [6.07, 6.45) is 0.542. The van der Waals surface area contributed by atoms with E-state index in [1.54, 1.807) is 6.07 Å². The lowest BCUT2D eigenvalue weighted by molar-refractivity contribution is 0.327. The molecular weight excluding hydrogens is 160 g/mol. The second kappa shape index (κ2) is 4.25. The van der Waals surface area contributed by atoms with Crippen molar-refractivity contribution in [1.82, 2.24) is 5.16 Å². The summed E-state index contributed by atoms with van der Waals surface area (Å²) in [7, 11) is 1.51. The van der Waals surface area contributed by atoms with E-state index < -0.39 is 0 Å². The molecule has 0 radical (unpaired) electrons. The number of rotatable bonds is 4. The Hall–Kier alpha value is -1.68. The fraction of sp³-hybridized carbons (Fsp3) is 0.500. The topological polar surface area (TPSA) is 84.0 Å². The molecule has 0 N–H and O–H groups in total. The van der Waals surface area contributed by atoms with E-state index in [1.807, 2.05) is 0 Å².